The van der Waals surface area contributed by atoms with Crippen LogP contribution in [0.3, 0.4) is 0 Å². The fourth-order valence-corrected chi connectivity index (χ4v) is 4.65. The van der Waals surface area contributed by atoms with Crippen molar-refractivity contribution in [2.45, 2.75) is 19.9 Å². The Morgan fingerprint density at radius 1 is 1.13 bits per heavy atom. The van der Waals surface area contributed by atoms with Gasteiger partial charge in [0.25, 0.3) is 5.91 Å². The highest BCUT2D eigenvalue weighted by Crippen LogP contribution is 2.42. The lowest BCUT2D eigenvalue weighted by molar-refractivity contribution is 0.0970. The fourth-order valence-electron chi connectivity index (χ4n) is 3.78. The lowest BCUT2D eigenvalue weighted by Gasteiger charge is -2.22. The number of ether oxygens (including phenoxy) is 1. The van der Waals surface area contributed by atoms with Crippen molar-refractivity contribution >= 4 is 44.9 Å². The molecule has 1 unspecified atom stereocenters. The zero-order valence-corrected chi connectivity index (χ0v) is 18.4. The van der Waals surface area contributed by atoms with E-state index in [0.717, 1.165) is 11.1 Å². The molecular formula is C22H16ClN3O4S. The van der Waals surface area contributed by atoms with Crippen molar-refractivity contribution in [2.75, 3.05) is 12.0 Å². The molecule has 9 heteroatoms. The molecule has 3 heterocycles. The molecule has 0 saturated carbocycles. The van der Waals surface area contributed by atoms with Crippen LogP contribution in [0.4, 0.5) is 5.13 Å². The van der Waals surface area contributed by atoms with Gasteiger partial charge in [0.2, 0.25) is 10.9 Å². The van der Waals surface area contributed by atoms with E-state index in [9.17, 15) is 9.59 Å². The number of hydrogen-bond donors (Lipinski definition) is 0. The zero-order valence-electron chi connectivity index (χ0n) is 16.8. The minimum absolute atomic E-state index is 0.00731. The van der Waals surface area contributed by atoms with Crippen LogP contribution >= 0.6 is 22.9 Å². The van der Waals surface area contributed by atoms with E-state index < -0.39 is 11.9 Å². The monoisotopic (exact) mass is 453 g/mol. The molecule has 1 aliphatic rings. The summed E-state index contributed by atoms with van der Waals surface area (Å²) in [6.45, 7) is 3.62. The number of nitrogens with zero attached hydrogens (tertiary/aromatic N) is 3. The summed E-state index contributed by atoms with van der Waals surface area (Å²) in [6.07, 6.45) is 0. The van der Waals surface area contributed by atoms with Gasteiger partial charge in [0, 0.05) is 5.02 Å². The van der Waals surface area contributed by atoms with Gasteiger partial charge in [-0.25, -0.2) is 0 Å². The first-order valence-electron chi connectivity index (χ1n) is 9.43. The van der Waals surface area contributed by atoms with E-state index in [4.69, 9.17) is 20.8 Å². The summed E-state index contributed by atoms with van der Waals surface area (Å²) in [5, 5.41) is 10.1. The number of amides is 1. The van der Waals surface area contributed by atoms with Gasteiger partial charge in [0.05, 0.1) is 24.1 Å². The maximum atomic E-state index is 13.6. The van der Waals surface area contributed by atoms with Gasteiger partial charge in [0.15, 0.2) is 5.43 Å². The zero-order chi connectivity index (χ0) is 21.9. The van der Waals surface area contributed by atoms with Crippen molar-refractivity contribution in [3.63, 3.8) is 0 Å². The Labute approximate surface area is 185 Å². The number of hydrogen-bond acceptors (Lipinski definition) is 7. The van der Waals surface area contributed by atoms with Crippen LogP contribution in [-0.2, 0) is 0 Å². The number of fused-ring (bicyclic) bond motifs is 2. The van der Waals surface area contributed by atoms with E-state index >= 15 is 0 Å². The fraction of sp³-hybridized carbons (Fsp3) is 0.182. The minimum Gasteiger partial charge on any atom is -0.497 e. The molecule has 0 spiro atoms. The summed E-state index contributed by atoms with van der Waals surface area (Å²) >= 11 is 7.54. The summed E-state index contributed by atoms with van der Waals surface area (Å²) in [7, 11) is 1.58. The molecule has 0 aliphatic carbocycles. The molecule has 7 nitrogen and oxygen atoms in total. The van der Waals surface area contributed by atoms with E-state index in [1.165, 1.54) is 16.2 Å². The van der Waals surface area contributed by atoms with Gasteiger partial charge < -0.3 is 9.15 Å². The van der Waals surface area contributed by atoms with Crippen molar-refractivity contribution in [1.82, 2.24) is 10.2 Å². The van der Waals surface area contributed by atoms with Crippen molar-refractivity contribution in [2.24, 2.45) is 0 Å². The molecule has 0 radical (unpaired) electrons. The van der Waals surface area contributed by atoms with Gasteiger partial charge in [-0.05, 0) is 49.2 Å². The largest absolute Gasteiger partial charge is 0.497 e. The van der Waals surface area contributed by atoms with Crippen molar-refractivity contribution in [1.29, 1.82) is 0 Å². The number of carbonyl (C=O) groups excluding carboxylic acids is 1. The Hall–Kier alpha value is -3.23. The SMILES string of the molecule is COc1ccc(C2c3c(oc4cc(C)c(Cl)cc4c3=O)C(=O)N2c2nnc(C)s2)cc1. The Kier molecular flexibility index (Phi) is 4.56. The smallest absolute Gasteiger partial charge is 0.297 e. The molecule has 0 fully saturated rings. The van der Waals surface area contributed by atoms with Crippen LogP contribution in [0.5, 0.6) is 5.75 Å². The van der Waals surface area contributed by atoms with Crippen molar-refractivity contribution in [3.8, 4) is 5.75 Å². The Bertz CT molecular complexity index is 1410. The third kappa shape index (κ3) is 3.02. The molecule has 0 N–H and O–H groups in total. The second-order valence-electron chi connectivity index (χ2n) is 7.23. The lowest BCUT2D eigenvalue weighted by Crippen LogP contribution is -2.29. The Balaban J connectivity index is 1.80. The van der Waals surface area contributed by atoms with Crippen LogP contribution in [0, 0.1) is 13.8 Å². The topological polar surface area (TPSA) is 85.5 Å². The molecule has 4 aromatic rings. The molecule has 5 rings (SSSR count). The summed E-state index contributed by atoms with van der Waals surface area (Å²) in [5.74, 6) is 0.242. The summed E-state index contributed by atoms with van der Waals surface area (Å²) in [4.78, 5) is 28.5. The highest BCUT2D eigenvalue weighted by Gasteiger charge is 2.45. The average molecular weight is 454 g/mol. The molecule has 2 aromatic heterocycles. The molecule has 0 bridgehead atoms. The van der Waals surface area contributed by atoms with Gasteiger partial charge in [-0.1, -0.05) is 35.1 Å². The average Bonchev–Trinajstić information content (AvgIpc) is 3.31. The van der Waals surface area contributed by atoms with E-state index in [-0.39, 0.29) is 16.8 Å². The number of methoxy groups -OCH3 is 1. The van der Waals surface area contributed by atoms with Crippen molar-refractivity contribution < 1.29 is 13.9 Å². The molecule has 1 aliphatic heterocycles. The highest BCUT2D eigenvalue weighted by atomic mass is 35.5. The number of aromatic nitrogens is 2. The second kappa shape index (κ2) is 7.18. The molecule has 156 valence electrons. The molecule has 0 saturated heterocycles. The lowest BCUT2D eigenvalue weighted by atomic mass is 9.98. The number of rotatable bonds is 3. The Morgan fingerprint density at radius 2 is 1.87 bits per heavy atom. The van der Waals surface area contributed by atoms with Crippen molar-refractivity contribution in [3.05, 3.63) is 79.1 Å². The van der Waals surface area contributed by atoms with Crippen LogP contribution < -0.4 is 15.1 Å². The summed E-state index contributed by atoms with van der Waals surface area (Å²) < 4.78 is 11.2. The molecule has 1 amide bonds. The molecular weight excluding hydrogens is 438 g/mol. The maximum Gasteiger partial charge on any atom is 0.297 e. The van der Waals surface area contributed by atoms with Crippen LogP contribution in [0.15, 0.2) is 45.6 Å². The van der Waals surface area contributed by atoms with Crippen LogP contribution in [0.2, 0.25) is 5.02 Å². The predicted molar refractivity (Wildman–Crippen MR) is 119 cm³/mol. The van der Waals surface area contributed by atoms with Gasteiger partial charge in [-0.15, -0.1) is 10.2 Å². The summed E-state index contributed by atoms with van der Waals surface area (Å²) in [5.41, 5.74) is 1.77. The van der Waals surface area contributed by atoms with Crippen LogP contribution in [-0.4, -0.2) is 23.2 Å². The van der Waals surface area contributed by atoms with E-state index in [1.807, 2.05) is 19.1 Å². The first kappa shape index (κ1) is 19.7. The maximum absolute atomic E-state index is 13.6. The van der Waals surface area contributed by atoms with Crippen LogP contribution in [0.25, 0.3) is 11.0 Å². The van der Waals surface area contributed by atoms with E-state index in [0.29, 0.717) is 31.9 Å². The first-order chi connectivity index (χ1) is 14.9. The second-order valence-corrected chi connectivity index (χ2v) is 8.79. The number of halogens is 1. The highest BCUT2D eigenvalue weighted by molar-refractivity contribution is 7.15. The number of aryl methyl sites for hydroxylation is 2. The Morgan fingerprint density at radius 3 is 2.52 bits per heavy atom. The third-order valence-corrected chi connectivity index (χ3v) is 6.55. The standard InChI is InChI=1S/C22H16ClN3O4S/c1-10-8-16-14(9-15(10)23)19(27)17-18(12-4-6-13(29-3)7-5-12)26(21(28)20(17)30-16)22-25-24-11(2)31-22/h4-9,18H,1-3H3. The van der Waals surface area contributed by atoms with Gasteiger partial charge in [-0.2, -0.15) is 0 Å². The molecule has 2 aromatic carbocycles. The van der Waals surface area contributed by atoms with E-state index in [1.54, 1.807) is 38.3 Å². The number of anilines is 1. The van der Waals surface area contributed by atoms with Crippen LogP contribution in [0.1, 0.15) is 38.3 Å². The third-order valence-electron chi connectivity index (χ3n) is 5.30. The normalized spacial score (nSPS) is 15.5. The van der Waals surface area contributed by atoms with Gasteiger partial charge in [0.1, 0.15) is 16.3 Å². The number of benzene rings is 2. The first-order valence-corrected chi connectivity index (χ1v) is 10.6. The molecule has 1 atom stereocenters. The quantitative estimate of drug-likeness (QED) is 0.448. The van der Waals surface area contributed by atoms with Gasteiger partial charge in [-0.3, -0.25) is 14.5 Å². The number of carbonyl (C=O) groups is 1. The predicted octanol–water partition coefficient (Wildman–Crippen LogP) is 4.67. The van der Waals surface area contributed by atoms with E-state index in [2.05, 4.69) is 10.2 Å². The summed E-state index contributed by atoms with van der Waals surface area (Å²) in [6, 6.07) is 9.76. The minimum atomic E-state index is -0.707. The van der Waals surface area contributed by atoms with Gasteiger partial charge >= 0.3 is 0 Å². The molecule has 31 heavy (non-hydrogen) atoms.